The Labute approximate surface area is 170 Å². The second-order valence-corrected chi connectivity index (χ2v) is 7.13. The van der Waals surface area contributed by atoms with Crippen molar-refractivity contribution in [2.75, 3.05) is 50.3 Å². The van der Waals surface area contributed by atoms with E-state index in [-0.39, 0.29) is 0 Å². The van der Waals surface area contributed by atoms with Crippen molar-refractivity contribution in [3.05, 3.63) is 47.8 Å². The van der Waals surface area contributed by atoms with Crippen LogP contribution in [0.2, 0.25) is 0 Å². The van der Waals surface area contributed by atoms with Gasteiger partial charge in [-0.2, -0.15) is 5.10 Å². The molecule has 2 aromatic heterocycles. The molecule has 152 valence electrons. The molecule has 4 rings (SSSR count). The maximum absolute atomic E-state index is 5.50. The summed E-state index contributed by atoms with van der Waals surface area (Å²) in [6.45, 7) is 5.55. The van der Waals surface area contributed by atoms with Gasteiger partial charge in [0.1, 0.15) is 5.52 Å². The molecule has 1 aliphatic rings. The number of morpholine rings is 1. The molecule has 0 aliphatic carbocycles. The third-order valence-electron chi connectivity index (χ3n) is 4.94. The average molecular weight is 394 g/mol. The number of pyridine rings is 1. The summed E-state index contributed by atoms with van der Waals surface area (Å²) < 4.78 is 12.8. The maximum Gasteiger partial charge on any atom is 0.164 e. The van der Waals surface area contributed by atoms with E-state index in [1.165, 1.54) is 5.56 Å². The van der Waals surface area contributed by atoms with Gasteiger partial charge in [0, 0.05) is 38.9 Å². The lowest BCUT2D eigenvalue weighted by atomic mass is 10.1. The van der Waals surface area contributed by atoms with Crippen LogP contribution in [0.1, 0.15) is 11.1 Å². The Hall–Kier alpha value is -2.97. The standard InChI is InChI=1S/C21H26N6O2/c1-15-5-4-6-16(11-15)17(13-28-3)24-25-19-12-18(27-7-9-29-10-8-27)20-21(23-19)26(2)14-22-20/h4-6,11-12,14H,7-10,13H2,1-3H3,(H,23,25)/b24-17+. The quantitative estimate of drug-likeness (QED) is 0.512. The van der Waals surface area contributed by atoms with E-state index in [2.05, 4.69) is 39.5 Å². The first kappa shape index (κ1) is 19.4. The van der Waals surface area contributed by atoms with Crippen LogP contribution < -0.4 is 10.3 Å². The molecular weight excluding hydrogens is 368 g/mol. The summed E-state index contributed by atoms with van der Waals surface area (Å²) in [7, 11) is 3.61. The third kappa shape index (κ3) is 4.23. The molecule has 29 heavy (non-hydrogen) atoms. The predicted molar refractivity (Wildman–Crippen MR) is 115 cm³/mol. The molecule has 1 fully saturated rings. The van der Waals surface area contributed by atoms with E-state index in [9.17, 15) is 0 Å². The number of anilines is 2. The minimum absolute atomic E-state index is 0.404. The van der Waals surface area contributed by atoms with Gasteiger partial charge in [0.15, 0.2) is 11.5 Å². The monoisotopic (exact) mass is 394 g/mol. The molecule has 0 saturated carbocycles. The highest BCUT2D eigenvalue weighted by molar-refractivity contribution is 6.02. The van der Waals surface area contributed by atoms with E-state index in [1.54, 1.807) is 13.4 Å². The number of methoxy groups -OCH3 is 1. The molecule has 8 heteroatoms. The zero-order chi connectivity index (χ0) is 20.2. The van der Waals surface area contributed by atoms with Crippen LogP contribution in [-0.2, 0) is 16.5 Å². The molecular formula is C21H26N6O2. The second-order valence-electron chi connectivity index (χ2n) is 7.13. The number of hydrogen-bond acceptors (Lipinski definition) is 7. The molecule has 0 amide bonds. The summed E-state index contributed by atoms with van der Waals surface area (Å²) in [5, 5.41) is 4.61. The number of ether oxygens (including phenoxy) is 2. The topological polar surface area (TPSA) is 76.8 Å². The first-order valence-corrected chi connectivity index (χ1v) is 9.69. The van der Waals surface area contributed by atoms with Crippen molar-refractivity contribution in [3.8, 4) is 0 Å². The lowest BCUT2D eigenvalue weighted by Crippen LogP contribution is -2.36. The number of nitrogens with zero attached hydrogens (tertiary/aromatic N) is 5. The fourth-order valence-corrected chi connectivity index (χ4v) is 3.45. The number of aromatic nitrogens is 3. The molecule has 0 radical (unpaired) electrons. The van der Waals surface area contributed by atoms with Crippen LogP contribution in [-0.4, -0.2) is 60.3 Å². The maximum atomic E-state index is 5.50. The summed E-state index contributed by atoms with van der Waals surface area (Å²) in [5.74, 6) is 0.670. The Balaban J connectivity index is 1.69. The van der Waals surface area contributed by atoms with Gasteiger partial charge < -0.3 is 18.9 Å². The summed E-state index contributed by atoms with van der Waals surface area (Å²) in [6, 6.07) is 10.2. The number of hydrogen-bond donors (Lipinski definition) is 1. The predicted octanol–water partition coefficient (Wildman–Crippen LogP) is 2.58. The molecule has 8 nitrogen and oxygen atoms in total. The summed E-state index contributed by atoms with van der Waals surface area (Å²) >= 11 is 0. The molecule has 0 bridgehead atoms. The van der Waals surface area contributed by atoms with Gasteiger partial charge in [0.25, 0.3) is 0 Å². The van der Waals surface area contributed by atoms with E-state index in [0.29, 0.717) is 25.6 Å². The first-order valence-electron chi connectivity index (χ1n) is 9.69. The van der Waals surface area contributed by atoms with Crippen molar-refractivity contribution in [2.24, 2.45) is 12.1 Å². The van der Waals surface area contributed by atoms with Gasteiger partial charge in [0.2, 0.25) is 0 Å². The highest BCUT2D eigenvalue weighted by atomic mass is 16.5. The lowest BCUT2D eigenvalue weighted by Gasteiger charge is -2.29. The van der Waals surface area contributed by atoms with Crippen molar-refractivity contribution in [1.82, 2.24) is 14.5 Å². The molecule has 1 aliphatic heterocycles. The molecule has 1 aromatic carbocycles. The van der Waals surface area contributed by atoms with Crippen molar-refractivity contribution < 1.29 is 9.47 Å². The van der Waals surface area contributed by atoms with Gasteiger partial charge in [-0.1, -0.05) is 29.8 Å². The first-order chi connectivity index (χ1) is 14.2. The number of nitrogens with one attached hydrogen (secondary N) is 1. The molecule has 3 aromatic rings. The molecule has 0 unspecified atom stereocenters. The minimum atomic E-state index is 0.404. The van der Waals surface area contributed by atoms with Crippen molar-refractivity contribution in [3.63, 3.8) is 0 Å². The number of hydrazone groups is 1. The normalized spacial score (nSPS) is 15.1. The lowest BCUT2D eigenvalue weighted by molar-refractivity contribution is 0.123. The van der Waals surface area contributed by atoms with Crippen LogP contribution >= 0.6 is 0 Å². The van der Waals surface area contributed by atoms with Crippen LogP contribution in [0.4, 0.5) is 11.5 Å². The Morgan fingerprint density at radius 2 is 2.10 bits per heavy atom. The molecule has 3 heterocycles. The van der Waals surface area contributed by atoms with Crippen molar-refractivity contribution in [2.45, 2.75) is 6.92 Å². The number of benzene rings is 1. The van der Waals surface area contributed by atoms with Crippen LogP contribution in [0, 0.1) is 6.92 Å². The van der Waals surface area contributed by atoms with Crippen LogP contribution in [0.15, 0.2) is 41.8 Å². The van der Waals surface area contributed by atoms with Gasteiger partial charge in [-0.25, -0.2) is 9.97 Å². The fraction of sp³-hybridized carbons (Fsp3) is 0.381. The van der Waals surface area contributed by atoms with E-state index in [4.69, 9.17) is 14.5 Å². The Bertz CT molecular complexity index is 1020. The Kier molecular flexibility index (Phi) is 5.73. The average Bonchev–Trinajstić information content (AvgIpc) is 3.12. The fourth-order valence-electron chi connectivity index (χ4n) is 3.45. The van der Waals surface area contributed by atoms with Gasteiger partial charge in [-0.3, -0.25) is 5.43 Å². The SMILES string of the molecule is COC/C(=N\Nc1cc(N2CCOCC2)c2ncn(C)c2n1)c1cccc(C)c1. The van der Waals surface area contributed by atoms with Crippen LogP contribution in [0.3, 0.4) is 0 Å². The third-order valence-corrected chi connectivity index (χ3v) is 4.94. The van der Waals surface area contributed by atoms with E-state index >= 15 is 0 Å². The molecule has 0 atom stereocenters. The van der Waals surface area contributed by atoms with E-state index < -0.39 is 0 Å². The summed E-state index contributed by atoms with van der Waals surface area (Å²) in [5.41, 5.74) is 8.89. The molecule has 0 spiro atoms. The highest BCUT2D eigenvalue weighted by Gasteiger charge is 2.18. The molecule has 1 N–H and O–H groups in total. The van der Waals surface area contributed by atoms with Crippen LogP contribution in [0.5, 0.6) is 0 Å². The largest absolute Gasteiger partial charge is 0.378 e. The molecule has 1 saturated heterocycles. The number of rotatable bonds is 6. The second kappa shape index (κ2) is 8.59. The zero-order valence-electron chi connectivity index (χ0n) is 17.1. The highest BCUT2D eigenvalue weighted by Crippen LogP contribution is 2.28. The van der Waals surface area contributed by atoms with Crippen LogP contribution in [0.25, 0.3) is 11.2 Å². The van der Waals surface area contributed by atoms with Gasteiger partial charge in [-0.15, -0.1) is 0 Å². The zero-order valence-corrected chi connectivity index (χ0v) is 17.1. The Morgan fingerprint density at radius 3 is 2.86 bits per heavy atom. The Morgan fingerprint density at radius 1 is 1.28 bits per heavy atom. The smallest absolute Gasteiger partial charge is 0.164 e. The van der Waals surface area contributed by atoms with Crippen molar-refractivity contribution >= 4 is 28.4 Å². The van der Waals surface area contributed by atoms with Gasteiger partial charge in [-0.05, 0) is 6.92 Å². The number of imidazole rings is 1. The van der Waals surface area contributed by atoms with Gasteiger partial charge in [0.05, 0.1) is 37.5 Å². The van der Waals surface area contributed by atoms with E-state index in [0.717, 1.165) is 41.2 Å². The summed E-state index contributed by atoms with van der Waals surface area (Å²) in [4.78, 5) is 11.6. The minimum Gasteiger partial charge on any atom is -0.378 e. The van der Waals surface area contributed by atoms with Gasteiger partial charge >= 0.3 is 0 Å². The number of aryl methyl sites for hydroxylation is 2. The van der Waals surface area contributed by atoms with Crippen molar-refractivity contribution in [1.29, 1.82) is 0 Å². The number of fused-ring (bicyclic) bond motifs is 1. The van der Waals surface area contributed by atoms with E-state index in [1.807, 2.05) is 29.8 Å². The summed E-state index contributed by atoms with van der Waals surface area (Å²) in [6.07, 6.45) is 1.79.